The number of fused-ring (bicyclic) bond motifs is 1. The zero-order valence-electron chi connectivity index (χ0n) is 13.2. The van der Waals surface area contributed by atoms with Crippen molar-refractivity contribution in [2.24, 2.45) is 0 Å². The van der Waals surface area contributed by atoms with Crippen LogP contribution in [0.3, 0.4) is 0 Å². The Morgan fingerprint density at radius 3 is 2.60 bits per heavy atom. The van der Waals surface area contributed by atoms with Gasteiger partial charge in [-0.3, -0.25) is 9.69 Å². The maximum Gasteiger partial charge on any atom is 0.471 e. The minimum Gasteiger partial charge on any atom is -0.367 e. The second kappa shape index (κ2) is 6.55. The van der Waals surface area contributed by atoms with E-state index in [9.17, 15) is 18.0 Å². The van der Waals surface area contributed by atoms with Crippen LogP contribution in [0.15, 0.2) is 42.6 Å². The fourth-order valence-corrected chi connectivity index (χ4v) is 3.11. The number of alkyl halides is 3. The number of pyridine rings is 1. The molecule has 3 rings (SSSR count). The molecule has 2 heterocycles. The van der Waals surface area contributed by atoms with Gasteiger partial charge in [0.2, 0.25) is 0 Å². The van der Waals surface area contributed by atoms with Crippen LogP contribution in [0.2, 0.25) is 5.02 Å². The predicted octanol–water partition coefficient (Wildman–Crippen LogP) is 4.58. The molecule has 8 heteroatoms. The molecule has 0 bridgehead atoms. The Morgan fingerprint density at radius 2 is 1.96 bits per heavy atom. The van der Waals surface area contributed by atoms with Crippen molar-refractivity contribution in [1.82, 2.24) is 4.98 Å². The summed E-state index contributed by atoms with van der Waals surface area (Å²) in [5, 5.41) is 3.51. The van der Waals surface area contributed by atoms with Crippen LogP contribution in [-0.2, 0) is 4.79 Å². The molecule has 2 aromatic rings. The summed E-state index contributed by atoms with van der Waals surface area (Å²) in [6.45, 7) is 1.84. The van der Waals surface area contributed by atoms with Crippen molar-refractivity contribution in [2.75, 3.05) is 10.2 Å². The van der Waals surface area contributed by atoms with Crippen LogP contribution in [0.5, 0.6) is 0 Å². The van der Waals surface area contributed by atoms with Gasteiger partial charge in [-0.1, -0.05) is 17.7 Å². The summed E-state index contributed by atoms with van der Waals surface area (Å²) in [5.74, 6) is -1.43. The second-order valence-corrected chi connectivity index (χ2v) is 6.32. The molecule has 1 aromatic heterocycles. The van der Waals surface area contributed by atoms with Gasteiger partial charge in [0.1, 0.15) is 5.82 Å². The first-order valence-electron chi connectivity index (χ1n) is 7.65. The van der Waals surface area contributed by atoms with Gasteiger partial charge in [-0.2, -0.15) is 13.2 Å². The molecule has 2 unspecified atom stereocenters. The maximum absolute atomic E-state index is 13.2. The Morgan fingerprint density at radius 1 is 1.28 bits per heavy atom. The molecular weight excluding hydrogens is 355 g/mol. The topological polar surface area (TPSA) is 45.2 Å². The van der Waals surface area contributed by atoms with Crippen molar-refractivity contribution < 1.29 is 18.0 Å². The van der Waals surface area contributed by atoms with Crippen molar-refractivity contribution in [3.05, 3.63) is 53.2 Å². The second-order valence-electron chi connectivity index (χ2n) is 5.89. The predicted molar refractivity (Wildman–Crippen MR) is 89.7 cm³/mol. The van der Waals surface area contributed by atoms with Gasteiger partial charge in [0, 0.05) is 28.5 Å². The molecule has 4 nitrogen and oxygen atoms in total. The number of aromatic nitrogens is 1. The molecule has 0 spiro atoms. The summed E-state index contributed by atoms with van der Waals surface area (Å²) in [7, 11) is 0. The lowest BCUT2D eigenvalue weighted by Gasteiger charge is -2.38. The van der Waals surface area contributed by atoms with Crippen molar-refractivity contribution >= 4 is 29.0 Å². The van der Waals surface area contributed by atoms with Gasteiger partial charge < -0.3 is 5.32 Å². The van der Waals surface area contributed by atoms with Crippen molar-refractivity contribution in [2.45, 2.75) is 31.6 Å². The Balaban J connectivity index is 2.12. The first-order valence-corrected chi connectivity index (χ1v) is 8.02. The third-order valence-corrected chi connectivity index (χ3v) is 4.29. The Labute approximate surface area is 147 Å². The van der Waals surface area contributed by atoms with E-state index in [4.69, 9.17) is 11.6 Å². The van der Waals surface area contributed by atoms with Gasteiger partial charge in [-0.05, 0) is 43.7 Å². The van der Waals surface area contributed by atoms with Gasteiger partial charge in [-0.15, -0.1) is 0 Å². The van der Waals surface area contributed by atoms with Gasteiger partial charge >= 0.3 is 12.1 Å². The van der Waals surface area contributed by atoms with Crippen molar-refractivity contribution in [3.63, 3.8) is 0 Å². The maximum atomic E-state index is 13.2. The van der Waals surface area contributed by atoms with E-state index < -0.39 is 18.1 Å². The highest BCUT2D eigenvalue weighted by Crippen LogP contribution is 2.40. The molecule has 0 saturated carbocycles. The van der Waals surface area contributed by atoms with Gasteiger partial charge in [0.25, 0.3) is 0 Å². The molecule has 1 N–H and O–H groups in total. The summed E-state index contributed by atoms with van der Waals surface area (Å²) in [6, 6.07) is 8.15. The highest BCUT2D eigenvalue weighted by atomic mass is 35.5. The Hall–Kier alpha value is -2.28. The third-order valence-electron chi connectivity index (χ3n) is 4.04. The zero-order chi connectivity index (χ0) is 18.2. The summed E-state index contributed by atoms with van der Waals surface area (Å²) in [4.78, 5) is 17.2. The fraction of sp³-hybridized carbons (Fsp3) is 0.294. The number of carbonyl (C=O) groups excluding carboxylic acids is 1. The molecule has 0 fully saturated rings. The number of anilines is 2. The lowest BCUT2D eigenvalue weighted by molar-refractivity contribution is -0.171. The number of rotatable bonds is 2. The molecule has 0 aliphatic carbocycles. The Bertz CT molecular complexity index is 779. The minimum atomic E-state index is -4.99. The fourth-order valence-electron chi connectivity index (χ4n) is 2.98. The van der Waals surface area contributed by atoms with Crippen LogP contribution in [0, 0.1) is 0 Å². The van der Waals surface area contributed by atoms with E-state index >= 15 is 0 Å². The number of hydrogen-bond acceptors (Lipinski definition) is 3. The van der Waals surface area contributed by atoms with Gasteiger partial charge in [0.05, 0.1) is 6.04 Å². The molecule has 25 heavy (non-hydrogen) atoms. The molecular formula is C17H15ClF3N3O. The molecule has 0 saturated heterocycles. The number of nitrogens with zero attached hydrogens (tertiary/aromatic N) is 2. The van der Waals surface area contributed by atoms with Crippen LogP contribution in [-0.4, -0.2) is 23.1 Å². The number of benzene rings is 1. The van der Waals surface area contributed by atoms with E-state index in [-0.39, 0.29) is 11.7 Å². The normalized spacial score (nSPS) is 19.7. The lowest BCUT2D eigenvalue weighted by Crippen LogP contribution is -2.46. The zero-order valence-corrected chi connectivity index (χ0v) is 14.0. The number of nitrogens with one attached hydrogen (secondary N) is 1. The summed E-state index contributed by atoms with van der Waals surface area (Å²) < 4.78 is 39.7. The number of amides is 1. The monoisotopic (exact) mass is 369 g/mol. The number of hydrogen-bond donors (Lipinski definition) is 1. The quantitative estimate of drug-likeness (QED) is 0.843. The highest BCUT2D eigenvalue weighted by molar-refractivity contribution is 6.30. The van der Waals surface area contributed by atoms with Gasteiger partial charge in [-0.25, -0.2) is 4.98 Å². The molecule has 132 valence electrons. The number of carbonyl (C=O) groups is 1. The van der Waals surface area contributed by atoms with E-state index in [0.29, 0.717) is 22.8 Å². The van der Waals surface area contributed by atoms with Crippen LogP contribution in [0.4, 0.5) is 24.7 Å². The van der Waals surface area contributed by atoms with E-state index in [1.165, 1.54) is 24.3 Å². The Kier molecular flexibility index (Phi) is 4.60. The van der Waals surface area contributed by atoms with Crippen LogP contribution < -0.4 is 10.2 Å². The van der Waals surface area contributed by atoms with Crippen molar-refractivity contribution in [1.29, 1.82) is 0 Å². The van der Waals surface area contributed by atoms with Crippen molar-refractivity contribution in [3.8, 4) is 0 Å². The number of halogens is 4. The molecule has 1 aromatic carbocycles. The molecule has 0 radical (unpaired) electrons. The smallest absolute Gasteiger partial charge is 0.367 e. The summed E-state index contributed by atoms with van der Waals surface area (Å²) in [6.07, 6.45) is -3.11. The van der Waals surface area contributed by atoms with Gasteiger partial charge in [0.15, 0.2) is 0 Å². The molecule has 1 aliphatic heterocycles. The first kappa shape index (κ1) is 17.5. The highest BCUT2D eigenvalue weighted by Gasteiger charge is 2.47. The van der Waals surface area contributed by atoms with Crippen LogP contribution >= 0.6 is 11.6 Å². The summed E-state index contributed by atoms with van der Waals surface area (Å²) in [5.41, 5.74) is 0.689. The molecule has 1 amide bonds. The van der Waals surface area contributed by atoms with E-state index in [1.54, 1.807) is 18.3 Å². The third kappa shape index (κ3) is 3.56. The lowest BCUT2D eigenvalue weighted by atomic mass is 9.94. The largest absolute Gasteiger partial charge is 0.471 e. The molecule has 1 aliphatic rings. The minimum absolute atomic E-state index is 0.136. The summed E-state index contributed by atoms with van der Waals surface area (Å²) >= 11 is 5.83. The van der Waals surface area contributed by atoms with Crippen LogP contribution in [0.25, 0.3) is 0 Å². The van der Waals surface area contributed by atoms with E-state index in [2.05, 4.69) is 10.3 Å². The molecule has 2 atom stereocenters. The average Bonchev–Trinajstić information content (AvgIpc) is 2.55. The van der Waals surface area contributed by atoms with E-state index in [0.717, 1.165) is 4.90 Å². The SMILES string of the molecule is CC1CC(N(C(=O)C(F)(F)F)c2ccc(Cl)cc2)c2cccnc2N1. The van der Waals surface area contributed by atoms with E-state index in [1.807, 2.05) is 6.92 Å². The average molecular weight is 370 g/mol. The standard InChI is InChI=1S/C17H15ClF3N3O/c1-10-9-14(13-3-2-8-22-15(13)23-10)24(16(25)17(19,20)21)12-6-4-11(18)5-7-12/h2-8,10,14H,9H2,1H3,(H,22,23). The first-order chi connectivity index (χ1) is 11.8. The van der Waals surface area contributed by atoms with Crippen LogP contribution in [0.1, 0.15) is 24.9 Å².